The molecule has 0 saturated carbocycles. The smallest absolute Gasteiger partial charge is 0.256 e. The number of rotatable bonds is 6. The lowest BCUT2D eigenvalue weighted by molar-refractivity contribution is -0.116. The van der Waals surface area contributed by atoms with Crippen molar-refractivity contribution < 1.29 is 14.3 Å². The maximum Gasteiger partial charge on any atom is 0.256 e. The van der Waals surface area contributed by atoms with Crippen molar-refractivity contribution in [3.8, 4) is 11.5 Å². The molecule has 0 saturated heterocycles. The zero-order valence-electron chi connectivity index (χ0n) is 17.9. The minimum atomic E-state index is -0.285. The monoisotopic (exact) mass is 441 g/mol. The van der Waals surface area contributed by atoms with Crippen molar-refractivity contribution in [3.05, 3.63) is 94.8 Å². The van der Waals surface area contributed by atoms with E-state index < -0.39 is 0 Å². The molecule has 0 bridgehead atoms. The van der Waals surface area contributed by atoms with E-state index >= 15 is 0 Å². The molecule has 0 spiro atoms. The van der Waals surface area contributed by atoms with Gasteiger partial charge in [-0.05, 0) is 36.4 Å². The molecule has 7 heteroatoms. The third-order valence-corrected chi connectivity index (χ3v) is 5.45. The zero-order chi connectivity index (χ0) is 22.6. The summed E-state index contributed by atoms with van der Waals surface area (Å²) in [7, 11) is 0. The molecule has 0 atom stereocenters. The van der Waals surface area contributed by atoms with E-state index in [1.807, 2.05) is 60.7 Å². The predicted octanol–water partition coefficient (Wildman–Crippen LogP) is 4.02. The van der Waals surface area contributed by atoms with Crippen molar-refractivity contribution in [1.82, 2.24) is 4.57 Å². The van der Waals surface area contributed by atoms with E-state index in [9.17, 15) is 9.59 Å². The standard InChI is InChI=1S/C26H23N3O4/c30-25(28-21-9-5-2-6-10-21)17-29-22-15-24-23(32-11-12-33-24)14-18(22)13-19(26(29)31)16-27-20-7-3-1-4-8-20/h1-10,13-15,27H,11-12,16-17H2,(H,28,30). The zero-order valence-corrected chi connectivity index (χ0v) is 17.9. The number of hydrogen-bond donors (Lipinski definition) is 2. The first-order chi connectivity index (χ1) is 16.2. The lowest BCUT2D eigenvalue weighted by atomic mass is 10.1. The number of pyridine rings is 1. The van der Waals surface area contributed by atoms with Crippen LogP contribution in [0.4, 0.5) is 11.4 Å². The molecule has 2 N–H and O–H groups in total. The van der Waals surface area contributed by atoms with Crippen LogP contribution in [0.3, 0.4) is 0 Å². The Bertz CT molecular complexity index is 1350. The second-order valence-electron chi connectivity index (χ2n) is 7.75. The molecular formula is C26H23N3O4. The number of amides is 1. The number of benzene rings is 3. The summed E-state index contributed by atoms with van der Waals surface area (Å²) < 4.78 is 12.9. The molecule has 0 radical (unpaired) electrons. The van der Waals surface area contributed by atoms with Gasteiger partial charge < -0.3 is 20.1 Å². The predicted molar refractivity (Wildman–Crippen MR) is 128 cm³/mol. The van der Waals surface area contributed by atoms with Gasteiger partial charge in [-0.15, -0.1) is 0 Å². The minimum Gasteiger partial charge on any atom is -0.486 e. The fourth-order valence-electron chi connectivity index (χ4n) is 3.88. The van der Waals surface area contributed by atoms with Crippen LogP contribution in [0.2, 0.25) is 0 Å². The Balaban J connectivity index is 1.52. The summed E-state index contributed by atoms with van der Waals surface area (Å²) in [6.07, 6.45) is 0. The van der Waals surface area contributed by atoms with Gasteiger partial charge in [0.05, 0.1) is 5.52 Å². The largest absolute Gasteiger partial charge is 0.486 e. The highest BCUT2D eigenvalue weighted by atomic mass is 16.6. The lowest BCUT2D eigenvalue weighted by Crippen LogP contribution is -2.31. The molecule has 7 nitrogen and oxygen atoms in total. The van der Waals surface area contributed by atoms with Crippen molar-refractivity contribution in [1.29, 1.82) is 0 Å². The van der Waals surface area contributed by atoms with E-state index in [0.717, 1.165) is 11.1 Å². The van der Waals surface area contributed by atoms with Gasteiger partial charge in [-0.1, -0.05) is 36.4 Å². The van der Waals surface area contributed by atoms with Crippen LogP contribution in [0.25, 0.3) is 10.9 Å². The summed E-state index contributed by atoms with van der Waals surface area (Å²) in [5.74, 6) is 0.919. The Hall–Kier alpha value is -4.26. The SMILES string of the molecule is O=C(Cn1c(=O)c(CNc2ccccc2)cc2cc3c(cc21)OCCO3)Nc1ccccc1. The number of nitrogens with one attached hydrogen (secondary N) is 2. The van der Waals surface area contributed by atoms with Gasteiger partial charge in [0.2, 0.25) is 5.91 Å². The van der Waals surface area contributed by atoms with Gasteiger partial charge >= 0.3 is 0 Å². The quantitative estimate of drug-likeness (QED) is 0.472. The number of carbonyl (C=O) groups is 1. The van der Waals surface area contributed by atoms with Gasteiger partial charge in [0.25, 0.3) is 5.56 Å². The van der Waals surface area contributed by atoms with Gasteiger partial charge in [-0.2, -0.15) is 0 Å². The molecule has 2 heterocycles. The first-order valence-electron chi connectivity index (χ1n) is 10.8. The van der Waals surface area contributed by atoms with Crippen LogP contribution in [-0.4, -0.2) is 23.7 Å². The third kappa shape index (κ3) is 4.52. The summed E-state index contributed by atoms with van der Waals surface area (Å²) in [5.41, 5.74) is 2.53. The van der Waals surface area contributed by atoms with Crippen molar-refractivity contribution in [2.45, 2.75) is 13.1 Å². The van der Waals surface area contributed by atoms with Crippen LogP contribution in [0.15, 0.2) is 83.7 Å². The van der Waals surface area contributed by atoms with Crippen LogP contribution < -0.4 is 25.7 Å². The average Bonchev–Trinajstić information content (AvgIpc) is 2.85. The molecule has 33 heavy (non-hydrogen) atoms. The Morgan fingerprint density at radius 2 is 1.48 bits per heavy atom. The van der Waals surface area contributed by atoms with Crippen LogP contribution in [0.1, 0.15) is 5.56 Å². The number of nitrogens with zero attached hydrogens (tertiary/aromatic N) is 1. The van der Waals surface area contributed by atoms with E-state index in [1.54, 1.807) is 18.2 Å². The molecular weight excluding hydrogens is 418 g/mol. The fraction of sp³-hybridized carbons (Fsp3) is 0.154. The van der Waals surface area contributed by atoms with Crippen molar-refractivity contribution in [2.24, 2.45) is 0 Å². The van der Waals surface area contributed by atoms with Gasteiger partial charge in [0.1, 0.15) is 19.8 Å². The summed E-state index contributed by atoms with van der Waals surface area (Å²) in [6, 6.07) is 24.3. The molecule has 1 aliphatic rings. The third-order valence-electron chi connectivity index (χ3n) is 5.45. The van der Waals surface area contributed by atoms with E-state index in [4.69, 9.17) is 9.47 Å². The number of ether oxygens (including phenoxy) is 2. The molecule has 0 unspecified atom stereocenters. The number of anilines is 2. The molecule has 3 aromatic carbocycles. The molecule has 1 amide bonds. The normalized spacial score (nSPS) is 12.4. The average molecular weight is 441 g/mol. The van der Waals surface area contributed by atoms with Crippen LogP contribution in [0, 0.1) is 0 Å². The van der Waals surface area contributed by atoms with Crippen molar-refractivity contribution >= 4 is 28.2 Å². The number of fused-ring (bicyclic) bond motifs is 2. The van der Waals surface area contributed by atoms with Crippen LogP contribution in [0.5, 0.6) is 11.5 Å². The van der Waals surface area contributed by atoms with Gasteiger partial charge in [-0.3, -0.25) is 14.2 Å². The molecule has 5 rings (SSSR count). The minimum absolute atomic E-state index is 0.122. The van der Waals surface area contributed by atoms with Gasteiger partial charge in [0, 0.05) is 34.9 Å². The van der Waals surface area contributed by atoms with Crippen LogP contribution in [-0.2, 0) is 17.9 Å². The Morgan fingerprint density at radius 3 is 2.18 bits per heavy atom. The highest BCUT2D eigenvalue weighted by Gasteiger charge is 2.18. The second-order valence-corrected chi connectivity index (χ2v) is 7.75. The maximum atomic E-state index is 13.4. The number of para-hydroxylation sites is 2. The Morgan fingerprint density at radius 1 is 0.848 bits per heavy atom. The first kappa shape index (κ1) is 20.6. The second kappa shape index (κ2) is 9.08. The van der Waals surface area contributed by atoms with Crippen molar-refractivity contribution in [2.75, 3.05) is 23.8 Å². The van der Waals surface area contributed by atoms with Gasteiger partial charge in [0.15, 0.2) is 11.5 Å². The van der Waals surface area contributed by atoms with E-state index in [-0.39, 0.29) is 18.0 Å². The molecule has 1 aromatic heterocycles. The summed E-state index contributed by atoms with van der Waals surface area (Å²) >= 11 is 0. The molecule has 166 valence electrons. The topological polar surface area (TPSA) is 81.6 Å². The number of aromatic nitrogens is 1. The Kier molecular flexibility index (Phi) is 5.68. The van der Waals surface area contributed by atoms with E-state index in [1.165, 1.54) is 4.57 Å². The molecule has 0 aliphatic carbocycles. The number of carbonyl (C=O) groups excluding carboxylic acids is 1. The van der Waals surface area contributed by atoms with Crippen LogP contribution >= 0.6 is 0 Å². The lowest BCUT2D eigenvalue weighted by Gasteiger charge is -2.21. The highest BCUT2D eigenvalue weighted by Crippen LogP contribution is 2.34. The highest BCUT2D eigenvalue weighted by molar-refractivity contribution is 5.92. The van der Waals surface area contributed by atoms with Crippen molar-refractivity contribution in [3.63, 3.8) is 0 Å². The molecule has 0 fully saturated rings. The molecule has 4 aromatic rings. The van der Waals surface area contributed by atoms with E-state index in [2.05, 4.69) is 10.6 Å². The van der Waals surface area contributed by atoms with E-state index in [0.29, 0.717) is 48.0 Å². The fourth-order valence-corrected chi connectivity index (χ4v) is 3.88. The summed E-state index contributed by atoms with van der Waals surface area (Å²) in [4.78, 5) is 26.2. The molecule has 1 aliphatic heterocycles. The summed E-state index contributed by atoms with van der Waals surface area (Å²) in [6.45, 7) is 1.12. The Labute approximate surface area is 190 Å². The summed E-state index contributed by atoms with van der Waals surface area (Å²) in [5, 5.41) is 6.93. The maximum absolute atomic E-state index is 13.4. The van der Waals surface area contributed by atoms with Gasteiger partial charge in [-0.25, -0.2) is 0 Å². The first-order valence-corrected chi connectivity index (χ1v) is 10.8. The number of hydrogen-bond acceptors (Lipinski definition) is 5.